The maximum absolute atomic E-state index is 14.2. The number of ether oxygens (including phenoxy) is 2. The first kappa shape index (κ1) is 38.7. The van der Waals surface area contributed by atoms with Crippen LogP contribution in [0.2, 0.25) is 0 Å². The summed E-state index contributed by atoms with van der Waals surface area (Å²) in [7, 11) is 0. The van der Waals surface area contributed by atoms with Gasteiger partial charge in [-0.15, -0.1) is 0 Å². The molecule has 6 rings (SSSR count). The van der Waals surface area contributed by atoms with E-state index in [0.29, 0.717) is 67.4 Å². The van der Waals surface area contributed by atoms with E-state index in [0.717, 1.165) is 35.1 Å². The minimum Gasteiger partial charge on any atom is -0.410 e. The zero-order valence-corrected chi connectivity index (χ0v) is 31.3. The molecule has 2 spiro atoms. The highest BCUT2D eigenvalue weighted by Crippen LogP contribution is 2.67. The molecule has 1 amide bonds. The van der Waals surface area contributed by atoms with Crippen molar-refractivity contribution in [3.63, 3.8) is 0 Å². The Morgan fingerprint density at radius 1 is 1.17 bits per heavy atom. The molecule has 9 heteroatoms. The number of rotatable bonds is 6. The average molecular weight is 723 g/mol. The van der Waals surface area contributed by atoms with Gasteiger partial charge in [-0.1, -0.05) is 83.7 Å². The summed E-state index contributed by atoms with van der Waals surface area (Å²) >= 11 is 0. The third-order valence-electron chi connectivity index (χ3n) is 12.5. The normalized spacial score (nSPS) is 34.5. The molecule has 0 aromatic heterocycles. The van der Waals surface area contributed by atoms with Crippen LogP contribution in [0.1, 0.15) is 95.9 Å². The van der Waals surface area contributed by atoms with Gasteiger partial charge in [0, 0.05) is 41.4 Å². The van der Waals surface area contributed by atoms with Gasteiger partial charge >= 0.3 is 6.09 Å². The largest absolute Gasteiger partial charge is 0.414 e. The number of amides is 1. The molecule has 2 heterocycles. The predicted molar refractivity (Wildman–Crippen MR) is 204 cm³/mol. The molecule has 0 radical (unpaired) electrons. The quantitative estimate of drug-likeness (QED) is 0.129. The van der Waals surface area contributed by atoms with E-state index in [1.165, 1.54) is 5.57 Å². The fraction of sp³-hybridized carbons (Fsp3) is 0.500. The van der Waals surface area contributed by atoms with Gasteiger partial charge in [-0.3, -0.25) is 4.79 Å². The molecular weight excluding hydrogens is 668 g/mol. The lowest BCUT2D eigenvalue weighted by Gasteiger charge is -2.56. The van der Waals surface area contributed by atoms with Crippen molar-refractivity contribution in [2.45, 2.75) is 103 Å². The van der Waals surface area contributed by atoms with Crippen LogP contribution in [-0.2, 0) is 16.0 Å². The van der Waals surface area contributed by atoms with Crippen LogP contribution in [0.4, 0.5) is 4.79 Å². The van der Waals surface area contributed by atoms with Crippen LogP contribution in [0.5, 0.6) is 5.75 Å². The summed E-state index contributed by atoms with van der Waals surface area (Å²) in [6.07, 6.45) is 13.4. The molecular formula is C44H54N2O7. The smallest absolute Gasteiger partial charge is 0.410 e. The summed E-state index contributed by atoms with van der Waals surface area (Å²) in [4.78, 5) is 26.4. The second kappa shape index (κ2) is 15.7. The zero-order chi connectivity index (χ0) is 38.0. The van der Waals surface area contributed by atoms with Crippen molar-refractivity contribution >= 4 is 11.9 Å². The number of nitrogens with one attached hydrogen (secondary N) is 1. The molecule has 2 bridgehead atoms. The van der Waals surface area contributed by atoms with Crippen LogP contribution in [0, 0.1) is 28.6 Å². The summed E-state index contributed by atoms with van der Waals surface area (Å²) in [6.45, 7) is 10.5. The molecule has 0 saturated heterocycles. The molecule has 5 aliphatic rings. The van der Waals surface area contributed by atoms with E-state index in [1.54, 1.807) is 18.2 Å². The number of aliphatic hydroxyl groups excluding tert-OH is 2. The number of carbonyl (C=O) groups is 2. The maximum atomic E-state index is 14.2. The Labute approximate surface area is 313 Å². The molecule has 53 heavy (non-hydrogen) atoms. The van der Waals surface area contributed by atoms with Gasteiger partial charge < -0.3 is 35.8 Å². The van der Waals surface area contributed by atoms with Gasteiger partial charge in [0.15, 0.2) is 5.78 Å². The average Bonchev–Trinajstić information content (AvgIpc) is 3.40. The van der Waals surface area contributed by atoms with Gasteiger partial charge in [-0.25, -0.2) is 4.79 Å². The number of hydrogen-bond acceptors (Lipinski definition) is 8. The minimum absolute atomic E-state index is 0.00694. The zero-order valence-electron chi connectivity index (χ0n) is 31.3. The number of para-hydroxylation sites is 1. The van der Waals surface area contributed by atoms with Crippen LogP contribution in [0.15, 0.2) is 88.6 Å². The van der Waals surface area contributed by atoms with E-state index >= 15 is 0 Å². The Bertz CT molecular complexity index is 1870. The Hall–Kier alpha value is -4.04. The molecule has 1 aromatic carbocycles. The lowest BCUT2D eigenvalue weighted by molar-refractivity contribution is -0.173. The summed E-state index contributed by atoms with van der Waals surface area (Å²) < 4.78 is 11.7. The van der Waals surface area contributed by atoms with Crippen molar-refractivity contribution < 1.29 is 34.4 Å². The summed E-state index contributed by atoms with van der Waals surface area (Å²) in [5.74, 6) is 6.12. The Balaban J connectivity index is 1.37. The van der Waals surface area contributed by atoms with Crippen LogP contribution in [-0.4, -0.2) is 58.7 Å². The van der Waals surface area contributed by atoms with Crippen molar-refractivity contribution in [2.24, 2.45) is 22.5 Å². The lowest BCUT2D eigenvalue weighted by Crippen LogP contribution is -2.61. The first-order valence-electron chi connectivity index (χ1n) is 18.9. The highest BCUT2D eigenvalue weighted by molar-refractivity contribution is 5.97. The first-order valence-corrected chi connectivity index (χ1v) is 18.9. The van der Waals surface area contributed by atoms with E-state index in [9.17, 15) is 24.9 Å². The SMILES string of the molecule is C=C1/C=C2/C=C[C@@]3(CC[C@@]4([C@H](CCCO)/C(=C(\C)C(=O)Cc5cccc6c5OC(=O)N[C@@H]6N)CC[C@@]4(C)O)[C@@H]3O)C(=C2)COCC#CC/C(C)=C\CC1. The molecule has 6 N–H and O–H groups in total. The topological polar surface area (TPSA) is 151 Å². The number of Topliss-reactive ketones (excluding diaryl/α,β-unsaturated/α-hetero) is 1. The number of allylic oxidation sites excluding steroid dienone is 9. The first-order chi connectivity index (χ1) is 25.3. The Morgan fingerprint density at radius 2 is 1.98 bits per heavy atom. The van der Waals surface area contributed by atoms with Crippen LogP contribution >= 0.6 is 0 Å². The monoisotopic (exact) mass is 722 g/mol. The molecule has 6 atom stereocenters. The van der Waals surface area contributed by atoms with Crippen LogP contribution in [0.25, 0.3) is 0 Å². The second-order valence-electron chi connectivity index (χ2n) is 15.7. The van der Waals surface area contributed by atoms with Gasteiger partial charge in [0.05, 0.1) is 18.3 Å². The molecule has 9 nitrogen and oxygen atoms in total. The van der Waals surface area contributed by atoms with E-state index < -0.39 is 34.8 Å². The van der Waals surface area contributed by atoms with Gasteiger partial charge in [0.2, 0.25) is 0 Å². The van der Waals surface area contributed by atoms with Crippen molar-refractivity contribution in [3.05, 3.63) is 99.7 Å². The summed E-state index contributed by atoms with van der Waals surface area (Å²) in [6, 6.07) is 5.32. The number of benzene rings is 1. The second-order valence-corrected chi connectivity index (χ2v) is 15.7. The van der Waals surface area contributed by atoms with Crippen molar-refractivity contribution in [1.82, 2.24) is 5.32 Å². The van der Waals surface area contributed by atoms with E-state index in [2.05, 4.69) is 61.0 Å². The van der Waals surface area contributed by atoms with Gasteiger partial charge in [0.1, 0.15) is 18.5 Å². The van der Waals surface area contributed by atoms with E-state index in [4.69, 9.17) is 15.2 Å². The maximum Gasteiger partial charge on any atom is 0.414 e. The molecule has 2 fully saturated rings. The number of aliphatic hydroxyl groups is 3. The highest BCUT2D eigenvalue weighted by atomic mass is 16.6. The van der Waals surface area contributed by atoms with Crippen molar-refractivity contribution in [2.75, 3.05) is 19.8 Å². The molecule has 2 saturated carbocycles. The third-order valence-corrected chi connectivity index (χ3v) is 12.5. The standard InChI is InChI=1S/C44H54N2O7/c1-28-10-5-6-23-52-27-33-25-31(24-29(2)12-7-11-28)16-19-43(33)20-21-44(40(43)49)36(15-9-22-47)34(17-18-42(44,4)51)30(3)37(48)26-32-13-8-14-35-38(32)53-41(50)46-39(35)45/h8,11,13-14,16,19,24-25,36,39-40,47,49,51H,2,7,9-10,12,15,17-18,20-23,26-27,45H2,1,3-4H3,(H,46,50)/b28-11-,31-24-,34-30+/t36-,39+,40-,42-,43-,44-/m1/s1. The number of carbonyl (C=O) groups excluding carboxylic acids is 2. The van der Waals surface area contributed by atoms with E-state index in [-0.39, 0.29) is 37.9 Å². The third kappa shape index (κ3) is 7.41. The minimum atomic E-state index is -1.27. The number of fused-ring (bicyclic) bond motifs is 3. The van der Waals surface area contributed by atoms with E-state index in [1.807, 2.05) is 13.8 Å². The van der Waals surface area contributed by atoms with Gasteiger partial charge in [-0.05, 0) is 94.8 Å². The molecule has 2 aliphatic heterocycles. The summed E-state index contributed by atoms with van der Waals surface area (Å²) in [5, 5.41) is 38.0. The van der Waals surface area contributed by atoms with Crippen LogP contribution < -0.4 is 15.8 Å². The Kier molecular flexibility index (Phi) is 11.5. The molecule has 1 aromatic rings. The molecule has 282 valence electrons. The van der Waals surface area contributed by atoms with Crippen molar-refractivity contribution in [1.29, 1.82) is 0 Å². The fourth-order valence-corrected chi connectivity index (χ4v) is 9.51. The number of hydrogen-bond donors (Lipinski definition) is 5. The summed E-state index contributed by atoms with van der Waals surface area (Å²) in [5.41, 5.74) is 9.79. The number of ketones is 1. The number of nitrogens with two attached hydrogens (primary N) is 1. The predicted octanol–water partition coefficient (Wildman–Crippen LogP) is 6.36. The highest BCUT2D eigenvalue weighted by Gasteiger charge is 2.68. The van der Waals surface area contributed by atoms with Crippen molar-refractivity contribution in [3.8, 4) is 17.6 Å². The van der Waals surface area contributed by atoms with Gasteiger partial charge in [0.25, 0.3) is 0 Å². The molecule has 0 unspecified atom stereocenters. The Morgan fingerprint density at radius 3 is 2.77 bits per heavy atom. The van der Waals surface area contributed by atoms with Crippen LogP contribution in [0.3, 0.4) is 0 Å². The lowest BCUT2D eigenvalue weighted by atomic mass is 9.51. The molecule has 3 aliphatic carbocycles. The fourth-order valence-electron chi connectivity index (χ4n) is 9.51. The van der Waals surface area contributed by atoms with Gasteiger partial charge in [-0.2, -0.15) is 0 Å².